The lowest BCUT2D eigenvalue weighted by Crippen LogP contribution is -2.49. The summed E-state index contributed by atoms with van der Waals surface area (Å²) >= 11 is 3.33. The van der Waals surface area contributed by atoms with E-state index < -0.39 is 17.4 Å². The van der Waals surface area contributed by atoms with Crippen molar-refractivity contribution in [3.8, 4) is 0 Å². The molecule has 1 aromatic carbocycles. The number of hydrogen-bond donors (Lipinski definition) is 3. The molecule has 2 rings (SSSR count). The van der Waals surface area contributed by atoms with Crippen LogP contribution in [0.4, 0.5) is 5.69 Å². The van der Waals surface area contributed by atoms with Crippen molar-refractivity contribution in [3.05, 3.63) is 28.2 Å². The SMILES string of the molecule is Cc1ccc(NC(=O)C(=O)NCC2(O)CCC2)c(Br)c1. The Kier molecular flexibility index (Phi) is 4.45. The summed E-state index contributed by atoms with van der Waals surface area (Å²) in [5.74, 6) is -1.48. The molecule has 1 aromatic rings. The van der Waals surface area contributed by atoms with Crippen LogP contribution in [-0.2, 0) is 9.59 Å². The summed E-state index contributed by atoms with van der Waals surface area (Å²) in [6.07, 6.45) is 2.28. The molecule has 0 bridgehead atoms. The van der Waals surface area contributed by atoms with Gasteiger partial charge < -0.3 is 15.7 Å². The molecule has 5 nitrogen and oxygen atoms in total. The largest absolute Gasteiger partial charge is 0.388 e. The van der Waals surface area contributed by atoms with Gasteiger partial charge in [-0.15, -0.1) is 0 Å². The van der Waals surface area contributed by atoms with Crippen LogP contribution in [0.15, 0.2) is 22.7 Å². The first-order chi connectivity index (χ1) is 9.39. The summed E-state index contributed by atoms with van der Waals surface area (Å²) in [6, 6.07) is 5.42. The van der Waals surface area contributed by atoms with E-state index in [1.165, 1.54) is 0 Å². The van der Waals surface area contributed by atoms with Gasteiger partial charge in [0.15, 0.2) is 0 Å². The van der Waals surface area contributed by atoms with Gasteiger partial charge in [-0.1, -0.05) is 6.07 Å². The Morgan fingerprint density at radius 1 is 1.35 bits per heavy atom. The monoisotopic (exact) mass is 340 g/mol. The quantitative estimate of drug-likeness (QED) is 0.733. The Morgan fingerprint density at radius 2 is 2.05 bits per heavy atom. The van der Waals surface area contributed by atoms with Crippen molar-refractivity contribution >= 4 is 33.4 Å². The van der Waals surface area contributed by atoms with Crippen molar-refractivity contribution in [2.45, 2.75) is 31.8 Å². The van der Waals surface area contributed by atoms with Crippen LogP contribution < -0.4 is 10.6 Å². The maximum atomic E-state index is 11.7. The molecule has 1 aliphatic carbocycles. The van der Waals surface area contributed by atoms with Crippen LogP contribution in [0.25, 0.3) is 0 Å². The van der Waals surface area contributed by atoms with Gasteiger partial charge in [-0.3, -0.25) is 9.59 Å². The van der Waals surface area contributed by atoms with Crippen LogP contribution in [0.2, 0.25) is 0 Å². The number of amides is 2. The molecule has 0 radical (unpaired) electrons. The number of benzene rings is 1. The number of rotatable bonds is 3. The standard InChI is InChI=1S/C14H17BrN2O3/c1-9-3-4-11(10(15)7-9)17-13(19)12(18)16-8-14(20)5-2-6-14/h3-4,7,20H,2,5-6,8H2,1H3,(H,16,18)(H,17,19). The Labute approximate surface area is 125 Å². The molecule has 2 amide bonds. The Bertz CT molecular complexity index is 541. The fraction of sp³-hybridized carbons (Fsp3) is 0.429. The van der Waals surface area contributed by atoms with E-state index in [0.717, 1.165) is 16.5 Å². The van der Waals surface area contributed by atoms with Crippen LogP contribution in [0, 0.1) is 6.92 Å². The van der Waals surface area contributed by atoms with Crippen LogP contribution >= 0.6 is 15.9 Å². The van der Waals surface area contributed by atoms with E-state index in [2.05, 4.69) is 26.6 Å². The van der Waals surface area contributed by atoms with Crippen molar-refractivity contribution in [2.75, 3.05) is 11.9 Å². The molecule has 108 valence electrons. The van der Waals surface area contributed by atoms with E-state index in [1.54, 1.807) is 6.07 Å². The maximum absolute atomic E-state index is 11.7. The number of carbonyl (C=O) groups excluding carboxylic acids is 2. The number of anilines is 1. The Hall–Kier alpha value is -1.40. The summed E-state index contributed by atoms with van der Waals surface area (Å²) in [5, 5.41) is 14.8. The number of nitrogens with one attached hydrogen (secondary N) is 2. The number of aliphatic hydroxyl groups is 1. The highest BCUT2D eigenvalue weighted by atomic mass is 79.9. The van der Waals surface area contributed by atoms with Gasteiger partial charge in [-0.05, 0) is 59.8 Å². The maximum Gasteiger partial charge on any atom is 0.313 e. The van der Waals surface area contributed by atoms with Gasteiger partial charge in [0.05, 0.1) is 11.3 Å². The molecule has 1 aliphatic rings. The van der Waals surface area contributed by atoms with Crippen molar-refractivity contribution in [2.24, 2.45) is 0 Å². The zero-order valence-electron chi connectivity index (χ0n) is 11.2. The number of aryl methyl sites for hydroxylation is 1. The van der Waals surface area contributed by atoms with Crippen LogP contribution in [0.1, 0.15) is 24.8 Å². The number of carbonyl (C=O) groups is 2. The van der Waals surface area contributed by atoms with Gasteiger partial charge in [0, 0.05) is 11.0 Å². The van der Waals surface area contributed by atoms with Crippen molar-refractivity contribution in [1.82, 2.24) is 5.32 Å². The van der Waals surface area contributed by atoms with E-state index in [-0.39, 0.29) is 6.54 Å². The lowest BCUT2D eigenvalue weighted by molar-refractivity contribution is -0.137. The van der Waals surface area contributed by atoms with Crippen molar-refractivity contribution in [1.29, 1.82) is 0 Å². The normalized spacial score (nSPS) is 16.1. The van der Waals surface area contributed by atoms with Crippen LogP contribution in [0.3, 0.4) is 0 Å². The Morgan fingerprint density at radius 3 is 2.60 bits per heavy atom. The molecule has 0 saturated heterocycles. The Balaban J connectivity index is 1.88. The molecule has 1 saturated carbocycles. The highest BCUT2D eigenvalue weighted by Crippen LogP contribution is 2.30. The van der Waals surface area contributed by atoms with Gasteiger partial charge in [0.25, 0.3) is 0 Å². The molecule has 0 atom stereocenters. The third kappa shape index (κ3) is 3.58. The fourth-order valence-corrected chi connectivity index (χ4v) is 2.58. The lowest BCUT2D eigenvalue weighted by atomic mass is 9.80. The molecule has 0 aromatic heterocycles. The predicted octanol–water partition coefficient (Wildman–Crippen LogP) is 1.73. The van der Waals surface area contributed by atoms with E-state index in [4.69, 9.17) is 0 Å². The summed E-state index contributed by atoms with van der Waals surface area (Å²) in [5.41, 5.74) is 0.755. The molecule has 0 aliphatic heterocycles. The third-order valence-electron chi connectivity index (χ3n) is 3.44. The molecular weight excluding hydrogens is 324 g/mol. The van der Waals surface area contributed by atoms with E-state index >= 15 is 0 Å². The van der Waals surface area contributed by atoms with Crippen molar-refractivity contribution < 1.29 is 14.7 Å². The topological polar surface area (TPSA) is 78.4 Å². The van der Waals surface area contributed by atoms with Crippen LogP contribution in [0.5, 0.6) is 0 Å². The molecule has 0 unspecified atom stereocenters. The summed E-state index contributed by atoms with van der Waals surface area (Å²) in [7, 11) is 0. The van der Waals surface area contributed by atoms with Gasteiger partial charge in [-0.2, -0.15) is 0 Å². The summed E-state index contributed by atoms with van der Waals surface area (Å²) < 4.78 is 0.719. The third-order valence-corrected chi connectivity index (χ3v) is 4.10. The minimum atomic E-state index is -0.833. The van der Waals surface area contributed by atoms with Gasteiger partial charge in [0.1, 0.15) is 0 Å². The number of hydrogen-bond acceptors (Lipinski definition) is 3. The smallest absolute Gasteiger partial charge is 0.313 e. The molecule has 20 heavy (non-hydrogen) atoms. The zero-order chi connectivity index (χ0) is 14.8. The average Bonchev–Trinajstić information content (AvgIpc) is 2.36. The summed E-state index contributed by atoms with van der Waals surface area (Å²) in [4.78, 5) is 23.4. The molecule has 0 heterocycles. The highest BCUT2D eigenvalue weighted by Gasteiger charge is 2.35. The van der Waals surface area contributed by atoms with E-state index in [0.29, 0.717) is 18.5 Å². The van der Waals surface area contributed by atoms with E-state index in [1.807, 2.05) is 19.1 Å². The molecule has 3 N–H and O–H groups in total. The highest BCUT2D eigenvalue weighted by molar-refractivity contribution is 9.10. The summed E-state index contributed by atoms with van der Waals surface area (Å²) in [6.45, 7) is 2.05. The second-order valence-electron chi connectivity index (χ2n) is 5.20. The number of halogens is 1. The second kappa shape index (κ2) is 5.93. The van der Waals surface area contributed by atoms with Gasteiger partial charge >= 0.3 is 11.8 Å². The predicted molar refractivity (Wildman–Crippen MR) is 79.3 cm³/mol. The molecule has 1 fully saturated rings. The molecule has 6 heteroatoms. The van der Waals surface area contributed by atoms with Gasteiger partial charge in [0.2, 0.25) is 0 Å². The average molecular weight is 341 g/mol. The minimum Gasteiger partial charge on any atom is -0.388 e. The van der Waals surface area contributed by atoms with Crippen LogP contribution in [-0.4, -0.2) is 29.1 Å². The molecule has 0 spiro atoms. The minimum absolute atomic E-state index is 0.119. The van der Waals surface area contributed by atoms with E-state index in [9.17, 15) is 14.7 Å². The first-order valence-corrected chi connectivity index (χ1v) is 7.27. The zero-order valence-corrected chi connectivity index (χ0v) is 12.8. The fourth-order valence-electron chi connectivity index (χ4n) is 1.99. The van der Waals surface area contributed by atoms with Crippen molar-refractivity contribution in [3.63, 3.8) is 0 Å². The first-order valence-electron chi connectivity index (χ1n) is 6.47. The molecular formula is C14H17BrN2O3. The first kappa shape index (κ1) is 15.0. The lowest BCUT2D eigenvalue weighted by Gasteiger charge is -2.36. The second-order valence-corrected chi connectivity index (χ2v) is 6.05. The van der Waals surface area contributed by atoms with Gasteiger partial charge in [-0.25, -0.2) is 0 Å².